The summed E-state index contributed by atoms with van der Waals surface area (Å²) >= 11 is 0. The Morgan fingerprint density at radius 1 is 1.11 bits per heavy atom. The van der Waals surface area contributed by atoms with E-state index in [-0.39, 0.29) is 47.3 Å². The Labute approximate surface area is 155 Å². The number of fused-ring (bicyclic) bond motifs is 1. The van der Waals surface area contributed by atoms with Gasteiger partial charge in [-0.05, 0) is 24.1 Å². The Kier molecular flexibility index (Phi) is 4.75. The summed E-state index contributed by atoms with van der Waals surface area (Å²) in [5.74, 6) is -1.50. The number of rotatable bonds is 5. The maximum Gasteiger partial charge on any atom is 0.203 e. The van der Waals surface area contributed by atoms with Crippen molar-refractivity contribution in [1.82, 2.24) is 0 Å². The Hall–Kier alpha value is -3.13. The van der Waals surface area contributed by atoms with Gasteiger partial charge in [-0.15, -0.1) is 0 Å². The normalized spacial score (nSPS) is 18.6. The molecule has 8 heteroatoms. The summed E-state index contributed by atoms with van der Waals surface area (Å²) in [4.78, 5) is 13.2. The number of benzene rings is 2. The molecule has 0 saturated heterocycles. The number of Topliss-reactive ketones (excluding diaryl/α,β-unsaturated/α-hetero) is 1. The molecule has 0 amide bonds. The van der Waals surface area contributed by atoms with Gasteiger partial charge >= 0.3 is 0 Å². The molecule has 1 unspecified atom stereocenters. The van der Waals surface area contributed by atoms with E-state index in [0.717, 1.165) is 0 Å². The molecule has 1 atom stereocenters. The van der Waals surface area contributed by atoms with Gasteiger partial charge in [0.2, 0.25) is 5.75 Å². The highest BCUT2D eigenvalue weighted by molar-refractivity contribution is 6.07. The number of hydrogen-bond acceptors (Lipinski definition) is 8. The Balaban J connectivity index is 2.03. The largest absolute Gasteiger partial charge is 0.504 e. The summed E-state index contributed by atoms with van der Waals surface area (Å²) in [5, 5.41) is 40.2. The summed E-state index contributed by atoms with van der Waals surface area (Å²) in [6, 6.07) is 5.84. The second kappa shape index (κ2) is 6.88. The lowest BCUT2D eigenvalue weighted by molar-refractivity contribution is 0.0376. The molecule has 0 fully saturated rings. The number of carbonyl (C=O) groups excluding carboxylic acids is 1. The highest BCUT2D eigenvalue weighted by Gasteiger charge is 2.46. The van der Waals surface area contributed by atoms with Crippen LogP contribution >= 0.6 is 0 Å². The van der Waals surface area contributed by atoms with Gasteiger partial charge in [0.05, 0.1) is 26.2 Å². The Bertz CT molecular complexity index is 892. The number of carbonyl (C=O) groups is 1. The first-order valence-electron chi connectivity index (χ1n) is 8.14. The van der Waals surface area contributed by atoms with Crippen LogP contribution in [0.4, 0.5) is 0 Å². The minimum atomic E-state index is -1.37. The number of phenols is 3. The number of hydrogen-bond donors (Lipinski definition) is 4. The fraction of sp³-hybridized carbons (Fsp3) is 0.316. The highest BCUT2D eigenvalue weighted by atomic mass is 16.5. The van der Waals surface area contributed by atoms with Gasteiger partial charge in [0.1, 0.15) is 17.9 Å². The first kappa shape index (κ1) is 18.7. The molecule has 2 aromatic carbocycles. The lowest BCUT2D eigenvalue weighted by Crippen LogP contribution is -2.45. The number of methoxy groups -OCH3 is 2. The zero-order valence-electron chi connectivity index (χ0n) is 14.9. The van der Waals surface area contributed by atoms with Gasteiger partial charge in [0.25, 0.3) is 0 Å². The van der Waals surface area contributed by atoms with E-state index in [2.05, 4.69) is 0 Å². The van der Waals surface area contributed by atoms with E-state index in [4.69, 9.17) is 14.2 Å². The van der Waals surface area contributed by atoms with Gasteiger partial charge in [0.15, 0.2) is 28.8 Å². The maximum absolute atomic E-state index is 13.2. The van der Waals surface area contributed by atoms with Crippen LogP contribution in [0.5, 0.6) is 34.5 Å². The average Bonchev–Trinajstić information content (AvgIpc) is 2.64. The monoisotopic (exact) mass is 376 g/mol. The number of ketones is 1. The highest BCUT2D eigenvalue weighted by Crippen LogP contribution is 2.49. The van der Waals surface area contributed by atoms with Gasteiger partial charge in [0, 0.05) is 6.07 Å². The molecule has 8 nitrogen and oxygen atoms in total. The third kappa shape index (κ3) is 2.97. The third-order valence-corrected chi connectivity index (χ3v) is 4.70. The lowest BCUT2D eigenvalue weighted by atomic mass is 9.74. The van der Waals surface area contributed by atoms with Crippen LogP contribution in [0.25, 0.3) is 0 Å². The lowest BCUT2D eigenvalue weighted by Gasteiger charge is -2.35. The SMILES string of the molecule is COc1ccc(CC2(CO)COc3cc(O)c(OC)c(O)c3C2=O)cc1O. The first-order chi connectivity index (χ1) is 12.9. The molecule has 1 aliphatic rings. The number of aromatic hydroxyl groups is 3. The summed E-state index contributed by atoms with van der Waals surface area (Å²) in [7, 11) is 2.67. The van der Waals surface area contributed by atoms with Gasteiger partial charge in [-0.3, -0.25) is 4.79 Å². The van der Waals surface area contributed by atoms with Crippen molar-refractivity contribution in [2.75, 3.05) is 27.4 Å². The van der Waals surface area contributed by atoms with Crippen molar-refractivity contribution in [3.8, 4) is 34.5 Å². The Morgan fingerprint density at radius 3 is 2.44 bits per heavy atom. The zero-order chi connectivity index (χ0) is 19.8. The molecule has 0 bridgehead atoms. The van der Waals surface area contributed by atoms with Crippen molar-refractivity contribution in [2.24, 2.45) is 5.41 Å². The zero-order valence-corrected chi connectivity index (χ0v) is 14.9. The van der Waals surface area contributed by atoms with Crippen LogP contribution in [-0.4, -0.2) is 53.6 Å². The molecule has 1 heterocycles. The van der Waals surface area contributed by atoms with Crippen molar-refractivity contribution in [1.29, 1.82) is 0 Å². The smallest absolute Gasteiger partial charge is 0.203 e. The fourth-order valence-electron chi connectivity index (χ4n) is 3.24. The van der Waals surface area contributed by atoms with Crippen molar-refractivity contribution in [3.05, 3.63) is 35.4 Å². The molecule has 4 N–H and O–H groups in total. The molecule has 1 aliphatic heterocycles. The summed E-state index contributed by atoms with van der Waals surface area (Å²) < 4.78 is 15.5. The van der Waals surface area contributed by atoms with E-state index >= 15 is 0 Å². The van der Waals surface area contributed by atoms with Gasteiger partial charge in [-0.25, -0.2) is 0 Å². The van der Waals surface area contributed by atoms with Crippen molar-refractivity contribution >= 4 is 5.78 Å². The number of aliphatic hydroxyl groups excluding tert-OH is 1. The predicted molar refractivity (Wildman–Crippen MR) is 94.0 cm³/mol. The first-order valence-corrected chi connectivity index (χ1v) is 8.14. The molecule has 0 spiro atoms. The van der Waals surface area contributed by atoms with Gasteiger partial charge < -0.3 is 34.6 Å². The number of phenolic OH excluding ortho intramolecular Hbond substituents is 3. The van der Waals surface area contributed by atoms with E-state index < -0.39 is 23.6 Å². The summed E-state index contributed by atoms with van der Waals surface area (Å²) in [6.07, 6.45) is 0.0575. The van der Waals surface area contributed by atoms with Crippen LogP contribution in [0.3, 0.4) is 0 Å². The molecule has 144 valence electrons. The van der Waals surface area contributed by atoms with Crippen LogP contribution in [0.1, 0.15) is 15.9 Å². The van der Waals surface area contributed by atoms with Crippen molar-refractivity contribution in [3.63, 3.8) is 0 Å². The second-order valence-corrected chi connectivity index (χ2v) is 6.39. The average molecular weight is 376 g/mol. The maximum atomic E-state index is 13.2. The van der Waals surface area contributed by atoms with Crippen LogP contribution < -0.4 is 14.2 Å². The summed E-state index contributed by atoms with van der Waals surface area (Å²) in [6.45, 7) is -0.700. The quantitative estimate of drug-likeness (QED) is 0.620. The fourth-order valence-corrected chi connectivity index (χ4v) is 3.24. The molecular weight excluding hydrogens is 356 g/mol. The summed E-state index contributed by atoms with van der Waals surface area (Å²) in [5.41, 5.74) is -0.955. The van der Waals surface area contributed by atoms with Crippen LogP contribution in [0.2, 0.25) is 0 Å². The van der Waals surface area contributed by atoms with Crippen LogP contribution in [-0.2, 0) is 6.42 Å². The third-order valence-electron chi connectivity index (χ3n) is 4.70. The topological polar surface area (TPSA) is 126 Å². The van der Waals surface area contributed by atoms with E-state index in [1.54, 1.807) is 12.1 Å². The predicted octanol–water partition coefficient (Wildman–Crippen LogP) is 1.62. The van der Waals surface area contributed by atoms with Crippen LogP contribution in [0.15, 0.2) is 24.3 Å². The molecule has 27 heavy (non-hydrogen) atoms. The molecule has 3 rings (SSSR count). The van der Waals surface area contributed by atoms with E-state index in [9.17, 15) is 25.2 Å². The van der Waals surface area contributed by atoms with E-state index in [1.165, 1.54) is 26.4 Å². The number of aliphatic hydroxyl groups is 1. The molecule has 0 saturated carbocycles. The molecular formula is C19H20O8. The molecule has 0 aromatic heterocycles. The van der Waals surface area contributed by atoms with E-state index in [1.807, 2.05) is 0 Å². The standard InChI is InChI=1S/C19H20O8/c1-25-13-4-3-10(5-11(13)21)7-19(8-20)9-27-14-6-12(22)17(26-2)16(23)15(14)18(19)24/h3-6,20-23H,7-9H2,1-2H3. The van der Waals surface area contributed by atoms with Crippen molar-refractivity contribution < 1.29 is 39.4 Å². The second-order valence-electron chi connectivity index (χ2n) is 6.39. The van der Waals surface area contributed by atoms with Crippen LogP contribution in [0, 0.1) is 5.41 Å². The number of ether oxygens (including phenoxy) is 3. The molecule has 0 aliphatic carbocycles. The Morgan fingerprint density at radius 2 is 1.85 bits per heavy atom. The van der Waals surface area contributed by atoms with E-state index in [0.29, 0.717) is 5.56 Å². The minimum Gasteiger partial charge on any atom is -0.504 e. The van der Waals surface area contributed by atoms with Gasteiger partial charge in [-0.1, -0.05) is 6.07 Å². The molecule has 0 radical (unpaired) electrons. The molecule has 2 aromatic rings. The van der Waals surface area contributed by atoms with Gasteiger partial charge in [-0.2, -0.15) is 0 Å². The van der Waals surface area contributed by atoms with Crippen molar-refractivity contribution in [2.45, 2.75) is 6.42 Å². The minimum absolute atomic E-state index is 0.0115.